The Morgan fingerprint density at radius 1 is 1.53 bits per heavy atom. The first-order valence-corrected chi connectivity index (χ1v) is 4.38. The van der Waals surface area contributed by atoms with Crippen molar-refractivity contribution >= 4 is 5.97 Å². The van der Waals surface area contributed by atoms with Crippen LogP contribution in [0, 0.1) is 0 Å². The van der Waals surface area contributed by atoms with Gasteiger partial charge in [-0.15, -0.1) is 0 Å². The number of H-pyrrole nitrogens is 1. The van der Waals surface area contributed by atoms with Crippen LogP contribution in [0.5, 0.6) is 5.75 Å². The van der Waals surface area contributed by atoms with Crippen molar-refractivity contribution in [2.24, 2.45) is 0 Å². The predicted molar refractivity (Wildman–Crippen MR) is 52.0 cm³/mol. The maximum atomic E-state index is 11.2. The number of hydrogen-bond donors (Lipinski definition) is 2. The largest absolute Gasteiger partial charge is 0.501 e. The van der Waals surface area contributed by atoms with Crippen LogP contribution < -0.4 is 5.56 Å². The number of nitrogens with zero attached hydrogens (tertiary/aromatic N) is 1. The molecular weight excluding hydrogens is 200 g/mol. The second kappa shape index (κ2) is 4.12. The third-order valence-electron chi connectivity index (χ3n) is 1.84. The molecule has 1 aromatic heterocycles. The first-order valence-electron chi connectivity index (χ1n) is 4.38. The summed E-state index contributed by atoms with van der Waals surface area (Å²) in [5, 5.41) is 9.30. The quantitative estimate of drug-likeness (QED) is 0.691. The van der Waals surface area contributed by atoms with Crippen LogP contribution in [-0.2, 0) is 4.74 Å². The minimum Gasteiger partial charge on any atom is -0.501 e. The first-order chi connectivity index (χ1) is 6.97. The van der Waals surface area contributed by atoms with Crippen LogP contribution in [0.25, 0.3) is 0 Å². The molecule has 0 aliphatic rings. The summed E-state index contributed by atoms with van der Waals surface area (Å²) in [5.41, 5.74) is -1.10. The Bertz CT molecular complexity index is 436. The second-order valence-electron chi connectivity index (χ2n) is 3.29. The SMILES string of the molecule is COC(=O)c1nc(C(C)C)[nH]c(=O)c1O. The highest BCUT2D eigenvalue weighted by molar-refractivity contribution is 5.89. The van der Waals surface area contributed by atoms with Crippen molar-refractivity contribution in [2.75, 3.05) is 7.11 Å². The van der Waals surface area contributed by atoms with Gasteiger partial charge in [0, 0.05) is 5.92 Å². The fourth-order valence-electron chi connectivity index (χ4n) is 0.997. The molecule has 0 fully saturated rings. The van der Waals surface area contributed by atoms with Crippen molar-refractivity contribution in [3.05, 3.63) is 21.9 Å². The van der Waals surface area contributed by atoms with E-state index in [1.165, 1.54) is 0 Å². The summed E-state index contributed by atoms with van der Waals surface area (Å²) in [7, 11) is 1.15. The number of methoxy groups -OCH3 is 1. The monoisotopic (exact) mass is 212 g/mol. The summed E-state index contributed by atoms with van der Waals surface area (Å²) < 4.78 is 4.39. The van der Waals surface area contributed by atoms with Gasteiger partial charge < -0.3 is 14.8 Å². The maximum absolute atomic E-state index is 11.2. The number of hydrogen-bond acceptors (Lipinski definition) is 5. The number of rotatable bonds is 2. The molecule has 0 bridgehead atoms. The zero-order chi connectivity index (χ0) is 11.6. The zero-order valence-electron chi connectivity index (χ0n) is 8.70. The summed E-state index contributed by atoms with van der Waals surface area (Å²) in [6, 6.07) is 0. The lowest BCUT2D eigenvalue weighted by Gasteiger charge is -2.06. The van der Waals surface area contributed by atoms with Crippen molar-refractivity contribution in [3.63, 3.8) is 0 Å². The van der Waals surface area contributed by atoms with Crippen LogP contribution >= 0.6 is 0 Å². The number of esters is 1. The average Bonchev–Trinajstić information content (AvgIpc) is 2.20. The molecule has 0 atom stereocenters. The van der Waals surface area contributed by atoms with Crippen LogP contribution in [0.2, 0.25) is 0 Å². The van der Waals surface area contributed by atoms with Crippen LogP contribution in [0.4, 0.5) is 0 Å². The molecule has 1 rings (SSSR count). The number of aromatic hydroxyl groups is 1. The lowest BCUT2D eigenvalue weighted by molar-refractivity contribution is 0.0589. The molecule has 1 heterocycles. The number of aromatic nitrogens is 2. The van der Waals surface area contributed by atoms with Gasteiger partial charge in [-0.3, -0.25) is 4.79 Å². The van der Waals surface area contributed by atoms with Gasteiger partial charge in [-0.2, -0.15) is 0 Å². The van der Waals surface area contributed by atoms with E-state index in [0.717, 1.165) is 7.11 Å². The highest BCUT2D eigenvalue weighted by Gasteiger charge is 2.19. The molecule has 0 aliphatic carbocycles. The van der Waals surface area contributed by atoms with E-state index in [9.17, 15) is 14.7 Å². The molecule has 0 saturated heterocycles. The molecule has 0 amide bonds. The van der Waals surface area contributed by atoms with Gasteiger partial charge in [-0.1, -0.05) is 13.8 Å². The summed E-state index contributed by atoms with van der Waals surface area (Å²) in [6.45, 7) is 3.60. The van der Waals surface area contributed by atoms with Gasteiger partial charge in [0.05, 0.1) is 7.11 Å². The number of ether oxygens (including phenoxy) is 1. The normalized spacial score (nSPS) is 10.4. The third kappa shape index (κ3) is 2.15. The molecule has 82 valence electrons. The van der Waals surface area contributed by atoms with Gasteiger partial charge in [-0.25, -0.2) is 9.78 Å². The zero-order valence-corrected chi connectivity index (χ0v) is 8.70. The lowest BCUT2D eigenvalue weighted by atomic mass is 10.2. The smallest absolute Gasteiger partial charge is 0.360 e. The van der Waals surface area contributed by atoms with Gasteiger partial charge >= 0.3 is 5.97 Å². The van der Waals surface area contributed by atoms with Crippen LogP contribution in [0.1, 0.15) is 36.1 Å². The van der Waals surface area contributed by atoms with Crippen LogP contribution in [0.15, 0.2) is 4.79 Å². The standard InChI is InChI=1S/C9H12N2O4/c1-4(2)7-10-5(9(14)15-3)6(12)8(13)11-7/h4,12H,1-3H3,(H,10,11,13). The maximum Gasteiger partial charge on any atom is 0.360 e. The Morgan fingerprint density at radius 3 is 2.60 bits per heavy atom. The van der Waals surface area contributed by atoms with E-state index in [-0.39, 0.29) is 11.6 Å². The van der Waals surface area contributed by atoms with Crippen LogP contribution in [-0.4, -0.2) is 28.2 Å². The van der Waals surface area contributed by atoms with E-state index in [4.69, 9.17) is 0 Å². The van der Waals surface area contributed by atoms with Crippen molar-refractivity contribution < 1.29 is 14.6 Å². The Morgan fingerprint density at radius 2 is 2.13 bits per heavy atom. The van der Waals surface area contributed by atoms with Crippen molar-refractivity contribution in [1.82, 2.24) is 9.97 Å². The van der Waals surface area contributed by atoms with Crippen molar-refractivity contribution in [2.45, 2.75) is 19.8 Å². The average molecular weight is 212 g/mol. The molecule has 1 aromatic rings. The minimum atomic E-state index is -0.833. The predicted octanol–water partition coefficient (Wildman–Crippen LogP) is 0.386. The third-order valence-corrected chi connectivity index (χ3v) is 1.84. The Labute approximate surface area is 85.9 Å². The molecule has 6 nitrogen and oxygen atoms in total. The topological polar surface area (TPSA) is 92.3 Å². The van der Waals surface area contributed by atoms with Gasteiger partial charge in [0.1, 0.15) is 5.82 Å². The molecule has 0 spiro atoms. The molecule has 0 aliphatic heterocycles. The molecule has 6 heteroatoms. The second-order valence-corrected chi connectivity index (χ2v) is 3.29. The molecular formula is C9H12N2O4. The number of carbonyl (C=O) groups is 1. The highest BCUT2D eigenvalue weighted by Crippen LogP contribution is 2.13. The van der Waals surface area contributed by atoms with E-state index < -0.39 is 17.3 Å². The van der Waals surface area contributed by atoms with Crippen molar-refractivity contribution in [1.29, 1.82) is 0 Å². The molecule has 0 unspecified atom stereocenters. The summed E-state index contributed by atoms with van der Waals surface area (Å²) >= 11 is 0. The Hall–Kier alpha value is -1.85. The fourth-order valence-corrected chi connectivity index (χ4v) is 0.997. The lowest BCUT2D eigenvalue weighted by Crippen LogP contribution is -2.18. The highest BCUT2D eigenvalue weighted by atomic mass is 16.5. The number of aromatic amines is 1. The number of nitrogens with one attached hydrogen (secondary N) is 1. The molecule has 0 saturated carbocycles. The Balaban J connectivity index is 3.38. The Kier molecular flexibility index (Phi) is 3.08. The van der Waals surface area contributed by atoms with E-state index in [1.54, 1.807) is 13.8 Å². The molecule has 0 aromatic carbocycles. The van der Waals surface area contributed by atoms with Gasteiger partial charge in [0.25, 0.3) is 5.56 Å². The van der Waals surface area contributed by atoms with Gasteiger partial charge in [0.15, 0.2) is 5.69 Å². The summed E-state index contributed by atoms with van der Waals surface area (Å²) in [5.74, 6) is -1.27. The summed E-state index contributed by atoms with van der Waals surface area (Å²) in [4.78, 5) is 28.6. The van der Waals surface area contributed by atoms with Gasteiger partial charge in [0.2, 0.25) is 5.75 Å². The fraction of sp³-hybridized carbons (Fsp3) is 0.444. The molecule has 15 heavy (non-hydrogen) atoms. The van der Waals surface area contributed by atoms with E-state index in [0.29, 0.717) is 5.82 Å². The number of carbonyl (C=O) groups excluding carboxylic acids is 1. The summed E-state index contributed by atoms with van der Waals surface area (Å²) in [6.07, 6.45) is 0. The minimum absolute atomic E-state index is 0.0540. The van der Waals surface area contributed by atoms with Crippen LogP contribution in [0.3, 0.4) is 0 Å². The van der Waals surface area contributed by atoms with E-state index in [1.807, 2.05) is 0 Å². The van der Waals surface area contributed by atoms with Crippen molar-refractivity contribution in [3.8, 4) is 5.75 Å². The van der Waals surface area contributed by atoms with E-state index in [2.05, 4.69) is 14.7 Å². The van der Waals surface area contributed by atoms with E-state index >= 15 is 0 Å². The molecule has 2 N–H and O–H groups in total. The van der Waals surface area contributed by atoms with Gasteiger partial charge in [-0.05, 0) is 0 Å². The first kappa shape index (κ1) is 11.2. The molecule has 0 radical (unpaired) electrons.